The number of aromatic nitrogens is 7. The first-order valence-corrected chi connectivity index (χ1v) is 12.3. The molecule has 4 aromatic heterocycles. The standard InChI is InChI=1S/C25H24F2N10O/c1-15-13-35(22-9-21(26)30-14-31-22)7-8-36(15)25-28-10-16(11-29-25)33-24(38)17-4-5-19(34-23(17)27)18-12-32-37-6-2-3-20(18)37/h4-5,9-12,14-15H,2-3,6-8,13H2,1H3,(H,33,38)/t15-/m0/s1. The SMILES string of the molecule is C[C@H]1CN(c2cc(F)ncn2)CCN1c1ncc(NC(=O)c2ccc(-c3cnn4c3CCC4)nc2F)cn1. The first kappa shape index (κ1) is 23.8. The third-order valence-corrected chi connectivity index (χ3v) is 6.83. The summed E-state index contributed by atoms with van der Waals surface area (Å²) in [5, 5.41) is 6.95. The van der Waals surface area contributed by atoms with Crippen molar-refractivity contribution >= 4 is 23.4 Å². The summed E-state index contributed by atoms with van der Waals surface area (Å²) < 4.78 is 30.2. The Labute approximate surface area is 216 Å². The van der Waals surface area contributed by atoms with Gasteiger partial charge in [-0.05, 0) is 31.9 Å². The quantitative estimate of drug-likeness (QED) is 0.314. The molecule has 0 aromatic carbocycles. The number of nitrogens with one attached hydrogen (secondary N) is 1. The highest BCUT2D eigenvalue weighted by Gasteiger charge is 2.27. The number of halogens is 2. The van der Waals surface area contributed by atoms with Crippen molar-refractivity contribution in [1.82, 2.24) is 34.7 Å². The van der Waals surface area contributed by atoms with Crippen LogP contribution in [0.5, 0.6) is 0 Å². The number of anilines is 3. The highest BCUT2D eigenvalue weighted by molar-refractivity contribution is 6.04. The van der Waals surface area contributed by atoms with Crippen molar-refractivity contribution in [3.63, 3.8) is 0 Å². The van der Waals surface area contributed by atoms with Crippen LogP contribution in [0.25, 0.3) is 11.3 Å². The molecular formula is C25H24F2N10O. The summed E-state index contributed by atoms with van der Waals surface area (Å²) in [6.45, 7) is 4.66. The second kappa shape index (κ2) is 9.72. The van der Waals surface area contributed by atoms with Crippen molar-refractivity contribution in [2.75, 3.05) is 34.8 Å². The molecule has 6 heterocycles. The van der Waals surface area contributed by atoms with Crippen LogP contribution < -0.4 is 15.1 Å². The molecule has 6 rings (SSSR count). The molecule has 4 aromatic rings. The Hall–Kier alpha value is -4.55. The molecule has 13 heteroatoms. The molecule has 1 fully saturated rings. The molecule has 0 unspecified atom stereocenters. The second-order valence-corrected chi connectivity index (χ2v) is 9.28. The summed E-state index contributed by atoms with van der Waals surface area (Å²) in [5.41, 5.74) is 2.43. The van der Waals surface area contributed by atoms with Crippen molar-refractivity contribution in [2.45, 2.75) is 32.4 Å². The minimum Gasteiger partial charge on any atom is -0.353 e. The topological polar surface area (TPSA) is 118 Å². The molecule has 0 spiro atoms. The number of rotatable bonds is 5. The number of hydrogen-bond acceptors (Lipinski definition) is 9. The van der Waals surface area contributed by atoms with Gasteiger partial charge in [0, 0.05) is 49.5 Å². The molecular weight excluding hydrogens is 494 g/mol. The predicted octanol–water partition coefficient (Wildman–Crippen LogP) is 2.72. The third-order valence-electron chi connectivity index (χ3n) is 6.83. The van der Waals surface area contributed by atoms with Crippen LogP contribution in [0.15, 0.2) is 43.1 Å². The van der Waals surface area contributed by atoms with E-state index in [1.165, 1.54) is 30.9 Å². The van der Waals surface area contributed by atoms with Gasteiger partial charge in [0.1, 0.15) is 12.1 Å². The first-order valence-electron chi connectivity index (χ1n) is 12.3. The molecule has 38 heavy (non-hydrogen) atoms. The fourth-order valence-corrected chi connectivity index (χ4v) is 4.92. The summed E-state index contributed by atoms with van der Waals surface area (Å²) in [4.78, 5) is 37.2. The lowest BCUT2D eigenvalue weighted by molar-refractivity contribution is 0.102. The monoisotopic (exact) mass is 518 g/mol. The number of aryl methyl sites for hydroxylation is 1. The number of amides is 1. The van der Waals surface area contributed by atoms with E-state index in [1.807, 2.05) is 21.4 Å². The highest BCUT2D eigenvalue weighted by atomic mass is 19.1. The molecule has 1 amide bonds. The largest absolute Gasteiger partial charge is 0.353 e. The lowest BCUT2D eigenvalue weighted by Gasteiger charge is -2.40. The van der Waals surface area contributed by atoms with Crippen LogP contribution in [-0.4, -0.2) is 66.3 Å². The van der Waals surface area contributed by atoms with E-state index >= 15 is 0 Å². The van der Waals surface area contributed by atoms with Crippen LogP contribution >= 0.6 is 0 Å². The van der Waals surface area contributed by atoms with Gasteiger partial charge in [-0.2, -0.15) is 13.9 Å². The zero-order valence-electron chi connectivity index (χ0n) is 20.6. The zero-order valence-corrected chi connectivity index (χ0v) is 20.6. The van der Waals surface area contributed by atoms with Crippen LogP contribution in [0, 0.1) is 11.9 Å². The summed E-state index contributed by atoms with van der Waals surface area (Å²) in [6, 6.07) is 4.39. The van der Waals surface area contributed by atoms with E-state index in [4.69, 9.17) is 0 Å². The summed E-state index contributed by atoms with van der Waals surface area (Å²) in [6.07, 6.45) is 7.72. The van der Waals surface area contributed by atoms with Crippen LogP contribution in [-0.2, 0) is 13.0 Å². The second-order valence-electron chi connectivity index (χ2n) is 9.28. The van der Waals surface area contributed by atoms with E-state index in [0.29, 0.717) is 42.8 Å². The van der Waals surface area contributed by atoms with Crippen molar-refractivity contribution in [3.8, 4) is 11.3 Å². The van der Waals surface area contributed by atoms with Gasteiger partial charge in [-0.1, -0.05) is 0 Å². The molecule has 2 aliphatic rings. The average molecular weight is 519 g/mol. The third kappa shape index (κ3) is 4.51. The van der Waals surface area contributed by atoms with E-state index in [2.05, 4.69) is 35.3 Å². The van der Waals surface area contributed by atoms with Crippen molar-refractivity contribution in [2.24, 2.45) is 0 Å². The molecule has 0 aliphatic carbocycles. The molecule has 1 saturated heterocycles. The Bertz CT molecular complexity index is 1490. The zero-order chi connectivity index (χ0) is 26.2. The molecule has 0 saturated carbocycles. The van der Waals surface area contributed by atoms with Crippen molar-refractivity contribution < 1.29 is 13.6 Å². The maximum atomic E-state index is 14.8. The van der Waals surface area contributed by atoms with Crippen molar-refractivity contribution in [1.29, 1.82) is 0 Å². The molecule has 0 bridgehead atoms. The maximum Gasteiger partial charge on any atom is 0.260 e. The molecule has 1 N–H and O–H groups in total. The van der Waals surface area contributed by atoms with Crippen LogP contribution in [0.4, 0.5) is 26.2 Å². The predicted molar refractivity (Wildman–Crippen MR) is 135 cm³/mol. The Kier molecular flexibility index (Phi) is 6.10. The minimum absolute atomic E-state index is 0.0261. The Morgan fingerprint density at radius 2 is 1.89 bits per heavy atom. The fourth-order valence-electron chi connectivity index (χ4n) is 4.92. The van der Waals surface area contributed by atoms with Gasteiger partial charge >= 0.3 is 0 Å². The highest BCUT2D eigenvalue weighted by Crippen LogP contribution is 2.28. The molecule has 11 nitrogen and oxygen atoms in total. The lowest BCUT2D eigenvalue weighted by Crippen LogP contribution is -2.53. The first-order chi connectivity index (χ1) is 18.5. The van der Waals surface area contributed by atoms with Gasteiger partial charge in [0.25, 0.3) is 5.91 Å². The smallest absolute Gasteiger partial charge is 0.260 e. The van der Waals surface area contributed by atoms with Crippen LogP contribution in [0.2, 0.25) is 0 Å². The minimum atomic E-state index is -0.856. The van der Waals surface area contributed by atoms with Gasteiger partial charge < -0.3 is 15.1 Å². The van der Waals surface area contributed by atoms with E-state index < -0.39 is 17.8 Å². The van der Waals surface area contributed by atoms with E-state index in [0.717, 1.165) is 30.6 Å². The molecule has 1 atom stereocenters. The normalized spacial score (nSPS) is 17.0. The fraction of sp³-hybridized carbons (Fsp3) is 0.320. The molecule has 2 aliphatic heterocycles. The Balaban J connectivity index is 1.10. The molecule has 194 valence electrons. The van der Waals surface area contributed by atoms with Gasteiger partial charge in [-0.3, -0.25) is 9.48 Å². The Morgan fingerprint density at radius 3 is 2.66 bits per heavy atom. The summed E-state index contributed by atoms with van der Waals surface area (Å²) in [7, 11) is 0. The van der Waals surface area contributed by atoms with Gasteiger partial charge in [0.2, 0.25) is 17.8 Å². The van der Waals surface area contributed by atoms with E-state index in [-0.39, 0.29) is 11.6 Å². The number of hydrogen-bond donors (Lipinski definition) is 1. The Morgan fingerprint density at radius 1 is 1.05 bits per heavy atom. The van der Waals surface area contributed by atoms with Gasteiger partial charge in [-0.15, -0.1) is 0 Å². The number of pyridine rings is 1. The number of nitrogens with zero attached hydrogens (tertiary/aromatic N) is 9. The number of carbonyl (C=O) groups excluding carboxylic acids is 1. The number of piperazine rings is 1. The maximum absolute atomic E-state index is 14.8. The van der Waals surface area contributed by atoms with Crippen LogP contribution in [0.1, 0.15) is 29.4 Å². The average Bonchev–Trinajstić information content (AvgIpc) is 3.53. The molecule has 0 radical (unpaired) electrons. The summed E-state index contributed by atoms with van der Waals surface area (Å²) in [5.74, 6) is -1.04. The number of fused-ring (bicyclic) bond motifs is 1. The lowest BCUT2D eigenvalue weighted by atomic mass is 10.1. The number of carbonyl (C=O) groups is 1. The van der Waals surface area contributed by atoms with Crippen molar-refractivity contribution in [3.05, 3.63) is 66.3 Å². The van der Waals surface area contributed by atoms with E-state index in [9.17, 15) is 13.6 Å². The van der Waals surface area contributed by atoms with Gasteiger partial charge in [0.05, 0.1) is 35.5 Å². The van der Waals surface area contributed by atoms with Gasteiger partial charge in [0.15, 0.2) is 0 Å². The van der Waals surface area contributed by atoms with Gasteiger partial charge in [-0.25, -0.2) is 24.9 Å². The summed E-state index contributed by atoms with van der Waals surface area (Å²) >= 11 is 0. The van der Waals surface area contributed by atoms with E-state index in [1.54, 1.807) is 12.3 Å². The van der Waals surface area contributed by atoms with Crippen LogP contribution in [0.3, 0.4) is 0 Å².